The summed E-state index contributed by atoms with van der Waals surface area (Å²) in [5.41, 5.74) is 1.36. The largest absolute Gasteiger partial charge is 0.323 e. The van der Waals surface area contributed by atoms with Gasteiger partial charge >= 0.3 is 6.03 Å². The molecule has 0 unspecified atom stereocenters. The average Bonchev–Trinajstić information content (AvgIpc) is 2.30. The fraction of sp³-hybridized carbons (Fsp3) is 0. The van der Waals surface area contributed by atoms with Crippen LogP contribution in [0.2, 0.25) is 5.02 Å². The lowest BCUT2D eigenvalue weighted by Crippen LogP contribution is -2.19. The van der Waals surface area contributed by atoms with Crippen LogP contribution in [0.3, 0.4) is 0 Å². The predicted molar refractivity (Wildman–Crippen MR) is 69.4 cm³/mol. The van der Waals surface area contributed by atoms with Crippen LogP contribution in [0.15, 0.2) is 48.5 Å². The van der Waals surface area contributed by atoms with E-state index < -0.39 is 0 Å². The summed E-state index contributed by atoms with van der Waals surface area (Å²) in [5.74, 6) is 0. The Kier molecular flexibility index (Phi) is 3.62. The van der Waals surface area contributed by atoms with Crippen molar-refractivity contribution in [3.05, 3.63) is 59.6 Å². The fourth-order valence-electron chi connectivity index (χ4n) is 1.33. The zero-order valence-electron chi connectivity index (χ0n) is 8.91. The number of carbonyl (C=O) groups excluding carboxylic acids is 1. The van der Waals surface area contributed by atoms with E-state index in [1.165, 1.54) is 0 Å². The number of anilines is 2. The summed E-state index contributed by atoms with van der Waals surface area (Å²) < 4.78 is 0. The van der Waals surface area contributed by atoms with E-state index in [-0.39, 0.29) is 6.03 Å². The van der Waals surface area contributed by atoms with E-state index in [2.05, 4.69) is 16.7 Å². The van der Waals surface area contributed by atoms with Gasteiger partial charge in [-0.15, -0.1) is 0 Å². The van der Waals surface area contributed by atoms with Gasteiger partial charge in [-0.05, 0) is 24.3 Å². The van der Waals surface area contributed by atoms with Crippen LogP contribution in [0, 0.1) is 6.07 Å². The van der Waals surface area contributed by atoms with Gasteiger partial charge in [0.15, 0.2) is 0 Å². The zero-order chi connectivity index (χ0) is 12.1. The molecule has 0 saturated heterocycles. The third-order valence-corrected chi connectivity index (χ3v) is 2.27. The number of rotatable bonds is 2. The molecule has 0 fully saturated rings. The molecule has 2 rings (SSSR count). The zero-order valence-corrected chi connectivity index (χ0v) is 9.66. The van der Waals surface area contributed by atoms with Gasteiger partial charge in [-0.25, -0.2) is 4.79 Å². The molecule has 2 amide bonds. The van der Waals surface area contributed by atoms with E-state index in [0.717, 1.165) is 5.69 Å². The van der Waals surface area contributed by atoms with E-state index in [4.69, 9.17) is 11.6 Å². The van der Waals surface area contributed by atoms with Gasteiger partial charge < -0.3 is 10.6 Å². The van der Waals surface area contributed by atoms with Gasteiger partial charge in [0.25, 0.3) is 0 Å². The Morgan fingerprint density at radius 1 is 1.06 bits per heavy atom. The van der Waals surface area contributed by atoms with Crippen molar-refractivity contribution in [2.75, 3.05) is 10.6 Å². The average molecular weight is 246 g/mol. The number of benzene rings is 2. The lowest BCUT2D eigenvalue weighted by molar-refractivity contribution is 0.262. The molecule has 3 nitrogen and oxygen atoms in total. The van der Waals surface area contributed by atoms with Crippen LogP contribution in [0.4, 0.5) is 16.2 Å². The van der Waals surface area contributed by atoms with Crippen LogP contribution in [-0.4, -0.2) is 6.03 Å². The number of amides is 2. The predicted octanol–water partition coefficient (Wildman–Crippen LogP) is 3.78. The molecule has 85 valence electrons. The Bertz CT molecular complexity index is 514. The molecule has 2 aromatic carbocycles. The van der Waals surface area contributed by atoms with E-state index >= 15 is 0 Å². The van der Waals surface area contributed by atoms with Crippen molar-refractivity contribution in [2.45, 2.75) is 0 Å². The molecule has 0 aliphatic heterocycles. The van der Waals surface area contributed by atoms with Crippen LogP contribution in [-0.2, 0) is 0 Å². The summed E-state index contributed by atoms with van der Waals surface area (Å²) in [7, 11) is 0. The molecule has 0 aliphatic rings. The molecular formula is C13H10ClN2O. The Balaban J connectivity index is 1.98. The maximum absolute atomic E-state index is 11.6. The van der Waals surface area contributed by atoms with Gasteiger partial charge in [-0.2, -0.15) is 0 Å². The number of carbonyl (C=O) groups is 1. The third kappa shape index (κ3) is 3.50. The van der Waals surface area contributed by atoms with Crippen LogP contribution in [0.25, 0.3) is 0 Å². The number of hydrogen-bond acceptors (Lipinski definition) is 1. The highest BCUT2D eigenvalue weighted by Gasteiger charge is 2.02. The molecule has 4 heteroatoms. The fourth-order valence-corrected chi connectivity index (χ4v) is 1.51. The summed E-state index contributed by atoms with van der Waals surface area (Å²) in [6.45, 7) is 0. The number of hydrogen-bond donors (Lipinski definition) is 2. The van der Waals surface area contributed by atoms with Gasteiger partial charge in [0.05, 0.1) is 5.02 Å². The quantitative estimate of drug-likeness (QED) is 0.831. The van der Waals surface area contributed by atoms with Crippen molar-refractivity contribution in [1.82, 2.24) is 0 Å². The summed E-state index contributed by atoms with van der Waals surface area (Å²) in [4.78, 5) is 11.6. The molecule has 0 spiro atoms. The van der Waals surface area contributed by atoms with E-state index in [1.807, 2.05) is 30.3 Å². The van der Waals surface area contributed by atoms with Crippen molar-refractivity contribution < 1.29 is 4.79 Å². The molecule has 2 N–H and O–H groups in total. The minimum Gasteiger partial charge on any atom is -0.308 e. The standard InChI is InChI=1S/C13H10ClN2O/c14-10-5-4-8-12(9-10)16-13(17)15-11-6-2-1-3-7-11/h1-4,6-9H,(H2,15,16,17). The second kappa shape index (κ2) is 5.37. The third-order valence-electron chi connectivity index (χ3n) is 2.06. The number of para-hydroxylation sites is 1. The molecule has 1 radical (unpaired) electrons. The molecular weight excluding hydrogens is 236 g/mol. The van der Waals surface area contributed by atoms with Gasteiger partial charge in [-0.1, -0.05) is 35.9 Å². The molecule has 17 heavy (non-hydrogen) atoms. The Hall–Kier alpha value is -2.00. The molecule has 0 bridgehead atoms. The van der Waals surface area contributed by atoms with Crippen molar-refractivity contribution in [3.63, 3.8) is 0 Å². The van der Waals surface area contributed by atoms with Gasteiger partial charge in [-0.3, -0.25) is 0 Å². The van der Waals surface area contributed by atoms with Gasteiger partial charge in [0.2, 0.25) is 0 Å². The first-order chi connectivity index (χ1) is 8.24. The molecule has 0 saturated carbocycles. The van der Waals surface area contributed by atoms with E-state index in [1.54, 1.807) is 18.2 Å². The molecule has 0 heterocycles. The molecule has 0 atom stereocenters. The molecule has 0 aliphatic carbocycles. The summed E-state index contributed by atoms with van der Waals surface area (Å²) in [6.07, 6.45) is 0. The van der Waals surface area contributed by atoms with E-state index in [9.17, 15) is 4.79 Å². The number of urea groups is 1. The van der Waals surface area contributed by atoms with Crippen molar-refractivity contribution >= 4 is 29.0 Å². The summed E-state index contributed by atoms with van der Waals surface area (Å²) in [6, 6.07) is 16.7. The molecule has 0 aromatic heterocycles. The second-order valence-corrected chi connectivity index (χ2v) is 3.78. The van der Waals surface area contributed by atoms with Gasteiger partial charge in [0, 0.05) is 17.4 Å². The highest BCUT2D eigenvalue weighted by atomic mass is 35.5. The highest BCUT2D eigenvalue weighted by molar-refractivity contribution is 6.30. The monoisotopic (exact) mass is 245 g/mol. The van der Waals surface area contributed by atoms with Crippen LogP contribution >= 0.6 is 11.6 Å². The number of nitrogens with one attached hydrogen (secondary N) is 2. The smallest absolute Gasteiger partial charge is 0.308 e. The maximum Gasteiger partial charge on any atom is 0.323 e. The number of halogens is 1. The lowest BCUT2D eigenvalue weighted by Gasteiger charge is -2.07. The minimum atomic E-state index is -0.307. The van der Waals surface area contributed by atoms with Crippen LogP contribution in [0.1, 0.15) is 0 Å². The maximum atomic E-state index is 11.6. The topological polar surface area (TPSA) is 41.1 Å². The van der Waals surface area contributed by atoms with Crippen molar-refractivity contribution in [1.29, 1.82) is 0 Å². The lowest BCUT2D eigenvalue weighted by atomic mass is 10.3. The first kappa shape index (κ1) is 11.5. The summed E-state index contributed by atoms with van der Waals surface area (Å²) >= 11 is 5.76. The highest BCUT2D eigenvalue weighted by Crippen LogP contribution is 2.14. The molecule has 2 aromatic rings. The van der Waals surface area contributed by atoms with Crippen LogP contribution < -0.4 is 10.6 Å². The first-order valence-corrected chi connectivity index (χ1v) is 5.42. The van der Waals surface area contributed by atoms with Crippen molar-refractivity contribution in [3.8, 4) is 0 Å². The van der Waals surface area contributed by atoms with Crippen LogP contribution in [0.5, 0.6) is 0 Å². The minimum absolute atomic E-state index is 0.307. The SMILES string of the molecule is O=C(Nc1ccccc1)Nc1cc[c]c(Cl)c1. The van der Waals surface area contributed by atoms with E-state index in [0.29, 0.717) is 10.7 Å². The van der Waals surface area contributed by atoms with Crippen molar-refractivity contribution in [2.24, 2.45) is 0 Å². The van der Waals surface area contributed by atoms with Gasteiger partial charge in [0.1, 0.15) is 0 Å². The summed E-state index contributed by atoms with van der Waals surface area (Å²) in [5, 5.41) is 5.84. The Morgan fingerprint density at radius 2 is 1.76 bits per heavy atom. The Morgan fingerprint density at radius 3 is 2.47 bits per heavy atom. The Labute approximate surface area is 104 Å². The normalized spacial score (nSPS) is 9.71. The first-order valence-electron chi connectivity index (χ1n) is 5.04. The second-order valence-electron chi connectivity index (χ2n) is 3.37.